The van der Waals surface area contributed by atoms with Crippen molar-refractivity contribution in [3.05, 3.63) is 102 Å². The number of aliphatic hydroxyl groups is 1. The molecule has 5 atom stereocenters. The van der Waals surface area contributed by atoms with Crippen molar-refractivity contribution in [2.24, 2.45) is 0 Å². The van der Waals surface area contributed by atoms with Gasteiger partial charge >= 0.3 is 0 Å². The summed E-state index contributed by atoms with van der Waals surface area (Å²) in [6, 6.07) is 30.0. The SMILES string of the molecule is O[C@@H]1[C@@H](OCc2ccccc2)[C@@H](OCc2ccccc2)[C@@H](Sc2ccccc2)O[C@H]1CS. The van der Waals surface area contributed by atoms with Crippen molar-refractivity contribution in [2.45, 2.75) is 48.0 Å². The van der Waals surface area contributed by atoms with Crippen molar-refractivity contribution in [1.82, 2.24) is 0 Å². The van der Waals surface area contributed by atoms with Crippen molar-refractivity contribution in [3.8, 4) is 0 Å². The molecule has 1 aliphatic rings. The van der Waals surface area contributed by atoms with Gasteiger partial charge in [0.2, 0.25) is 0 Å². The van der Waals surface area contributed by atoms with E-state index in [0.717, 1.165) is 16.0 Å². The largest absolute Gasteiger partial charge is 0.388 e. The van der Waals surface area contributed by atoms with Crippen LogP contribution in [0.25, 0.3) is 0 Å². The summed E-state index contributed by atoms with van der Waals surface area (Å²) < 4.78 is 18.9. The van der Waals surface area contributed by atoms with E-state index in [1.54, 1.807) is 11.8 Å². The van der Waals surface area contributed by atoms with Gasteiger partial charge < -0.3 is 19.3 Å². The molecule has 3 aromatic rings. The average molecular weight is 469 g/mol. The van der Waals surface area contributed by atoms with Crippen molar-refractivity contribution in [3.63, 3.8) is 0 Å². The van der Waals surface area contributed by atoms with Gasteiger partial charge in [-0.25, -0.2) is 0 Å². The molecule has 168 valence electrons. The zero-order valence-electron chi connectivity index (χ0n) is 17.7. The van der Waals surface area contributed by atoms with E-state index in [2.05, 4.69) is 12.6 Å². The number of rotatable bonds is 9. The van der Waals surface area contributed by atoms with Crippen LogP contribution in [-0.4, -0.2) is 40.7 Å². The molecule has 0 aliphatic carbocycles. The van der Waals surface area contributed by atoms with Gasteiger partial charge in [0.05, 0.1) is 19.3 Å². The molecule has 6 heteroatoms. The Morgan fingerprint density at radius 3 is 1.78 bits per heavy atom. The smallest absolute Gasteiger partial charge is 0.137 e. The van der Waals surface area contributed by atoms with E-state index in [4.69, 9.17) is 14.2 Å². The second-order valence-corrected chi connectivity index (χ2v) is 9.21. The molecular weight excluding hydrogens is 440 g/mol. The summed E-state index contributed by atoms with van der Waals surface area (Å²) in [7, 11) is 0. The van der Waals surface area contributed by atoms with Gasteiger partial charge in [-0.2, -0.15) is 12.6 Å². The lowest BCUT2D eigenvalue weighted by Gasteiger charge is -2.44. The van der Waals surface area contributed by atoms with Gasteiger partial charge in [-0.1, -0.05) is 90.6 Å². The number of benzene rings is 3. The van der Waals surface area contributed by atoms with Crippen LogP contribution in [0.1, 0.15) is 11.1 Å². The lowest BCUT2D eigenvalue weighted by Crippen LogP contribution is -2.58. The highest BCUT2D eigenvalue weighted by molar-refractivity contribution is 7.99. The first-order valence-corrected chi connectivity index (χ1v) is 12.2. The summed E-state index contributed by atoms with van der Waals surface area (Å²) in [6.45, 7) is 0.792. The zero-order valence-corrected chi connectivity index (χ0v) is 19.4. The highest BCUT2D eigenvalue weighted by atomic mass is 32.2. The number of hydrogen-bond donors (Lipinski definition) is 2. The second kappa shape index (κ2) is 11.9. The summed E-state index contributed by atoms with van der Waals surface area (Å²) in [6.07, 6.45) is -2.30. The average Bonchev–Trinajstić information content (AvgIpc) is 2.85. The molecular formula is C26H28O4S2. The molecule has 0 radical (unpaired) electrons. The van der Waals surface area contributed by atoms with E-state index in [9.17, 15) is 5.11 Å². The van der Waals surface area contributed by atoms with Crippen LogP contribution in [0.5, 0.6) is 0 Å². The van der Waals surface area contributed by atoms with Crippen LogP contribution in [-0.2, 0) is 27.4 Å². The summed E-state index contributed by atoms with van der Waals surface area (Å²) in [5, 5.41) is 11.1. The predicted molar refractivity (Wildman–Crippen MR) is 131 cm³/mol. The van der Waals surface area contributed by atoms with Crippen LogP contribution in [0.15, 0.2) is 95.9 Å². The van der Waals surface area contributed by atoms with Crippen LogP contribution >= 0.6 is 24.4 Å². The minimum Gasteiger partial charge on any atom is -0.388 e. The third kappa shape index (κ3) is 6.16. The molecule has 32 heavy (non-hydrogen) atoms. The molecule has 1 aliphatic heterocycles. The van der Waals surface area contributed by atoms with Gasteiger partial charge in [0.1, 0.15) is 23.7 Å². The van der Waals surface area contributed by atoms with Crippen molar-refractivity contribution in [2.75, 3.05) is 5.75 Å². The van der Waals surface area contributed by atoms with Gasteiger partial charge in [0.15, 0.2) is 0 Å². The third-order valence-electron chi connectivity index (χ3n) is 5.36. The summed E-state index contributed by atoms with van der Waals surface area (Å²) in [5.41, 5.74) is 1.76. The molecule has 0 bridgehead atoms. The monoisotopic (exact) mass is 468 g/mol. The van der Waals surface area contributed by atoms with E-state index in [1.165, 1.54) is 0 Å². The Balaban J connectivity index is 1.56. The van der Waals surface area contributed by atoms with Crippen LogP contribution < -0.4 is 0 Å². The first kappa shape index (κ1) is 23.4. The quantitative estimate of drug-likeness (QED) is 0.435. The van der Waals surface area contributed by atoms with E-state index in [0.29, 0.717) is 19.0 Å². The van der Waals surface area contributed by atoms with Gasteiger partial charge in [0.25, 0.3) is 0 Å². The van der Waals surface area contributed by atoms with Crippen molar-refractivity contribution >= 4 is 24.4 Å². The van der Waals surface area contributed by atoms with E-state index < -0.39 is 24.4 Å². The van der Waals surface area contributed by atoms with Crippen molar-refractivity contribution in [1.29, 1.82) is 0 Å². The van der Waals surface area contributed by atoms with E-state index in [1.807, 2.05) is 91.0 Å². The Kier molecular flexibility index (Phi) is 8.68. The van der Waals surface area contributed by atoms with Gasteiger partial charge in [-0.3, -0.25) is 0 Å². The standard InChI is InChI=1S/C26H28O4S2/c27-23-22(18-31)30-26(32-21-14-8-3-9-15-21)25(29-17-20-12-6-2-7-13-20)24(23)28-16-19-10-4-1-5-11-19/h1-15,22-27,31H,16-18H2/t22-,23-,24+,25+,26+/m0/s1. The number of hydrogen-bond acceptors (Lipinski definition) is 6. The zero-order chi connectivity index (χ0) is 22.2. The van der Waals surface area contributed by atoms with Gasteiger partial charge in [-0.15, -0.1) is 0 Å². The number of ether oxygens (including phenoxy) is 3. The number of aliphatic hydroxyl groups excluding tert-OH is 1. The Morgan fingerprint density at radius 1 is 0.750 bits per heavy atom. The Morgan fingerprint density at radius 2 is 1.25 bits per heavy atom. The lowest BCUT2D eigenvalue weighted by atomic mass is 10.00. The van der Waals surface area contributed by atoms with Crippen LogP contribution in [0, 0.1) is 0 Å². The van der Waals surface area contributed by atoms with Crippen LogP contribution in [0.4, 0.5) is 0 Å². The topological polar surface area (TPSA) is 47.9 Å². The first-order valence-electron chi connectivity index (χ1n) is 10.7. The minimum atomic E-state index is -0.843. The van der Waals surface area contributed by atoms with Crippen LogP contribution in [0.2, 0.25) is 0 Å². The molecule has 4 rings (SSSR count). The molecule has 0 spiro atoms. The minimum absolute atomic E-state index is 0.345. The second-order valence-electron chi connectivity index (χ2n) is 7.67. The molecule has 0 unspecified atom stereocenters. The van der Waals surface area contributed by atoms with Crippen LogP contribution in [0.3, 0.4) is 0 Å². The summed E-state index contributed by atoms with van der Waals surface area (Å²) >= 11 is 6.00. The molecule has 1 saturated heterocycles. The fourth-order valence-electron chi connectivity index (χ4n) is 3.67. The predicted octanol–water partition coefficient (Wildman–Crippen LogP) is 4.97. The molecule has 1 N–H and O–H groups in total. The Hall–Kier alpha value is -1.80. The first-order chi connectivity index (χ1) is 15.7. The maximum atomic E-state index is 11.1. The fourth-order valence-corrected chi connectivity index (χ4v) is 5.12. The Bertz CT molecular complexity index is 926. The molecule has 0 aromatic heterocycles. The van der Waals surface area contributed by atoms with Gasteiger partial charge in [0, 0.05) is 10.6 Å². The maximum absolute atomic E-state index is 11.1. The lowest BCUT2D eigenvalue weighted by molar-refractivity contribution is -0.226. The maximum Gasteiger partial charge on any atom is 0.137 e. The number of thiol groups is 1. The van der Waals surface area contributed by atoms with E-state index >= 15 is 0 Å². The summed E-state index contributed by atoms with van der Waals surface area (Å²) in [5.74, 6) is 0.392. The third-order valence-corrected chi connectivity index (χ3v) is 6.88. The molecule has 4 nitrogen and oxygen atoms in total. The van der Waals surface area contributed by atoms with Gasteiger partial charge in [-0.05, 0) is 23.3 Å². The number of thioether (sulfide) groups is 1. The fraction of sp³-hybridized carbons (Fsp3) is 0.308. The molecule has 0 amide bonds. The molecule has 3 aromatic carbocycles. The molecule has 1 heterocycles. The molecule has 1 fully saturated rings. The van der Waals surface area contributed by atoms with E-state index in [-0.39, 0.29) is 5.44 Å². The summed E-state index contributed by atoms with van der Waals surface area (Å²) in [4.78, 5) is 1.07. The Labute approximate surface area is 199 Å². The highest BCUT2D eigenvalue weighted by Crippen LogP contribution is 2.37. The normalized spacial score (nSPS) is 25.5. The van der Waals surface area contributed by atoms with Crippen molar-refractivity contribution < 1.29 is 19.3 Å². The highest BCUT2D eigenvalue weighted by Gasteiger charge is 2.46. The molecule has 0 saturated carbocycles.